The zero-order chi connectivity index (χ0) is 14.4. The van der Waals surface area contributed by atoms with E-state index in [0.717, 1.165) is 30.8 Å². The molecular weight excluding hydrogens is 252 g/mol. The van der Waals surface area contributed by atoms with Crippen molar-refractivity contribution in [3.8, 4) is 0 Å². The Hall–Kier alpha value is -2.37. The van der Waals surface area contributed by atoms with Crippen molar-refractivity contribution < 1.29 is 0 Å². The minimum absolute atomic E-state index is 0.506. The van der Waals surface area contributed by atoms with Crippen LogP contribution in [0.5, 0.6) is 0 Å². The van der Waals surface area contributed by atoms with Crippen LogP contribution < -0.4 is 16.4 Å². The summed E-state index contributed by atoms with van der Waals surface area (Å²) in [6, 6.07) is 3.87. The van der Waals surface area contributed by atoms with E-state index in [-0.39, 0.29) is 0 Å². The van der Waals surface area contributed by atoms with Gasteiger partial charge in [0.05, 0.1) is 0 Å². The molecule has 106 valence electrons. The van der Waals surface area contributed by atoms with Gasteiger partial charge in [-0.05, 0) is 31.0 Å². The second-order valence-corrected chi connectivity index (χ2v) is 4.61. The maximum atomic E-state index is 6.07. The molecule has 0 radical (unpaired) electrons. The first-order valence-electron chi connectivity index (χ1n) is 6.74. The number of nitrogens with one attached hydrogen (secondary N) is 2. The Labute approximate surface area is 118 Å². The molecule has 0 aliphatic rings. The lowest BCUT2D eigenvalue weighted by Gasteiger charge is -2.12. The van der Waals surface area contributed by atoms with Gasteiger partial charge < -0.3 is 16.4 Å². The molecule has 0 aliphatic carbocycles. The molecular formula is C14H20N6. The van der Waals surface area contributed by atoms with Crippen LogP contribution in [0.3, 0.4) is 0 Å². The Bertz CT molecular complexity index is 569. The highest BCUT2D eigenvalue weighted by atomic mass is 15.1. The smallest absolute Gasteiger partial charge is 0.160 e. The fraction of sp³-hybridized carbons (Fsp3) is 0.357. The van der Waals surface area contributed by atoms with Crippen molar-refractivity contribution in [1.82, 2.24) is 15.0 Å². The lowest BCUT2D eigenvalue weighted by Crippen LogP contribution is -2.09. The van der Waals surface area contributed by atoms with E-state index in [1.807, 2.05) is 19.1 Å². The van der Waals surface area contributed by atoms with Gasteiger partial charge in [-0.1, -0.05) is 13.3 Å². The quantitative estimate of drug-likeness (QED) is 0.701. The standard InChI is InChI=1S/C14H20N6/c1-3-4-6-17-13-12(15)14(19-9-18-13)20-11-8-10(2)5-7-16-11/h5,7-9H,3-4,6,15H2,1-2H3,(H2,16,17,18,19,20). The number of nitrogen functional groups attached to an aromatic ring is 1. The van der Waals surface area contributed by atoms with Crippen LogP contribution in [-0.4, -0.2) is 21.5 Å². The predicted octanol–water partition coefficient (Wildman–Crippen LogP) is 2.72. The summed E-state index contributed by atoms with van der Waals surface area (Å²) in [4.78, 5) is 12.6. The van der Waals surface area contributed by atoms with E-state index >= 15 is 0 Å². The molecule has 0 saturated carbocycles. The number of rotatable bonds is 6. The van der Waals surface area contributed by atoms with E-state index in [0.29, 0.717) is 17.3 Å². The maximum absolute atomic E-state index is 6.07. The van der Waals surface area contributed by atoms with Gasteiger partial charge in [0.15, 0.2) is 11.6 Å². The van der Waals surface area contributed by atoms with Gasteiger partial charge in [0.25, 0.3) is 0 Å². The zero-order valence-electron chi connectivity index (χ0n) is 11.8. The lowest BCUT2D eigenvalue weighted by atomic mass is 10.3. The predicted molar refractivity (Wildman–Crippen MR) is 82.1 cm³/mol. The Morgan fingerprint density at radius 1 is 1.20 bits per heavy atom. The van der Waals surface area contributed by atoms with Gasteiger partial charge >= 0.3 is 0 Å². The van der Waals surface area contributed by atoms with Gasteiger partial charge in [-0.15, -0.1) is 0 Å². The number of aryl methyl sites for hydroxylation is 1. The molecule has 2 heterocycles. The third-order valence-electron chi connectivity index (χ3n) is 2.87. The molecule has 0 unspecified atom stereocenters. The van der Waals surface area contributed by atoms with Gasteiger partial charge in [0.2, 0.25) is 0 Å². The summed E-state index contributed by atoms with van der Waals surface area (Å²) < 4.78 is 0. The number of nitrogens with two attached hydrogens (primary N) is 1. The monoisotopic (exact) mass is 272 g/mol. The molecule has 0 amide bonds. The molecule has 0 atom stereocenters. The van der Waals surface area contributed by atoms with E-state index < -0.39 is 0 Å². The van der Waals surface area contributed by atoms with Crippen molar-refractivity contribution in [2.24, 2.45) is 0 Å². The second kappa shape index (κ2) is 6.70. The summed E-state index contributed by atoms with van der Waals surface area (Å²) in [6.07, 6.45) is 5.43. The van der Waals surface area contributed by atoms with E-state index in [1.165, 1.54) is 6.33 Å². The van der Waals surface area contributed by atoms with E-state index in [1.54, 1.807) is 6.20 Å². The maximum Gasteiger partial charge on any atom is 0.160 e. The molecule has 2 aromatic rings. The minimum Gasteiger partial charge on any atom is -0.393 e. The van der Waals surface area contributed by atoms with Crippen LogP contribution in [0, 0.1) is 6.92 Å². The highest BCUT2D eigenvalue weighted by Gasteiger charge is 2.08. The van der Waals surface area contributed by atoms with E-state index in [4.69, 9.17) is 5.73 Å². The summed E-state index contributed by atoms with van der Waals surface area (Å²) >= 11 is 0. The highest BCUT2D eigenvalue weighted by Crippen LogP contribution is 2.25. The number of hydrogen-bond acceptors (Lipinski definition) is 6. The number of nitrogens with zero attached hydrogens (tertiary/aromatic N) is 3. The summed E-state index contributed by atoms with van der Waals surface area (Å²) in [5.41, 5.74) is 7.70. The van der Waals surface area contributed by atoms with Crippen molar-refractivity contribution in [3.63, 3.8) is 0 Å². The topological polar surface area (TPSA) is 88.8 Å². The SMILES string of the molecule is CCCCNc1ncnc(Nc2cc(C)ccn2)c1N. The minimum atomic E-state index is 0.506. The molecule has 2 aromatic heterocycles. The Balaban J connectivity index is 2.14. The number of pyridine rings is 1. The normalized spacial score (nSPS) is 10.3. The molecule has 4 N–H and O–H groups in total. The average Bonchev–Trinajstić information content (AvgIpc) is 2.43. The summed E-state index contributed by atoms with van der Waals surface area (Å²) in [5.74, 6) is 1.94. The average molecular weight is 272 g/mol. The number of unbranched alkanes of at least 4 members (excludes halogenated alkanes) is 1. The summed E-state index contributed by atoms with van der Waals surface area (Å²) in [7, 11) is 0. The molecule has 0 fully saturated rings. The fourth-order valence-electron chi connectivity index (χ4n) is 1.75. The van der Waals surface area contributed by atoms with Crippen LogP contribution in [-0.2, 0) is 0 Å². The van der Waals surface area contributed by atoms with Gasteiger partial charge in [0.1, 0.15) is 17.8 Å². The molecule has 0 bridgehead atoms. The van der Waals surface area contributed by atoms with Gasteiger partial charge in [-0.25, -0.2) is 15.0 Å². The van der Waals surface area contributed by atoms with Gasteiger partial charge in [-0.2, -0.15) is 0 Å². The fourth-order valence-corrected chi connectivity index (χ4v) is 1.75. The molecule has 0 saturated heterocycles. The van der Waals surface area contributed by atoms with Crippen molar-refractivity contribution in [2.45, 2.75) is 26.7 Å². The number of aromatic nitrogens is 3. The van der Waals surface area contributed by atoms with Gasteiger partial charge in [0, 0.05) is 12.7 Å². The third kappa shape index (κ3) is 3.57. The van der Waals surface area contributed by atoms with Crippen LogP contribution in [0.25, 0.3) is 0 Å². The largest absolute Gasteiger partial charge is 0.393 e. The number of anilines is 4. The number of hydrogen-bond donors (Lipinski definition) is 3. The molecule has 0 spiro atoms. The molecule has 0 aliphatic heterocycles. The van der Waals surface area contributed by atoms with Crippen molar-refractivity contribution in [2.75, 3.05) is 22.9 Å². The first-order chi connectivity index (χ1) is 9.70. The first kappa shape index (κ1) is 14.0. The molecule has 6 nitrogen and oxygen atoms in total. The van der Waals surface area contributed by atoms with E-state index in [9.17, 15) is 0 Å². The highest BCUT2D eigenvalue weighted by molar-refractivity contribution is 5.76. The Kier molecular flexibility index (Phi) is 4.70. The first-order valence-corrected chi connectivity index (χ1v) is 6.74. The van der Waals surface area contributed by atoms with Crippen LogP contribution >= 0.6 is 0 Å². The second-order valence-electron chi connectivity index (χ2n) is 4.61. The van der Waals surface area contributed by atoms with Crippen LogP contribution in [0.15, 0.2) is 24.7 Å². The van der Waals surface area contributed by atoms with Crippen LogP contribution in [0.1, 0.15) is 25.3 Å². The summed E-state index contributed by atoms with van der Waals surface area (Å²) in [6.45, 7) is 5.00. The molecule has 20 heavy (non-hydrogen) atoms. The summed E-state index contributed by atoms with van der Waals surface area (Å²) in [5, 5.41) is 6.33. The Morgan fingerprint density at radius 2 is 2.00 bits per heavy atom. The zero-order valence-corrected chi connectivity index (χ0v) is 11.8. The van der Waals surface area contributed by atoms with Crippen molar-refractivity contribution in [1.29, 1.82) is 0 Å². The van der Waals surface area contributed by atoms with Crippen LogP contribution in [0.4, 0.5) is 23.1 Å². The van der Waals surface area contributed by atoms with Crippen molar-refractivity contribution in [3.05, 3.63) is 30.2 Å². The molecule has 0 aromatic carbocycles. The van der Waals surface area contributed by atoms with Crippen molar-refractivity contribution >= 4 is 23.1 Å². The Morgan fingerprint density at radius 3 is 2.75 bits per heavy atom. The molecule has 2 rings (SSSR count). The van der Waals surface area contributed by atoms with E-state index in [2.05, 4.69) is 32.5 Å². The lowest BCUT2D eigenvalue weighted by molar-refractivity contribution is 0.831. The third-order valence-corrected chi connectivity index (χ3v) is 2.87. The van der Waals surface area contributed by atoms with Crippen LogP contribution in [0.2, 0.25) is 0 Å². The molecule has 6 heteroatoms. The van der Waals surface area contributed by atoms with Gasteiger partial charge in [-0.3, -0.25) is 0 Å².